The molecule has 0 amide bonds. The van der Waals surface area contributed by atoms with Gasteiger partial charge >= 0.3 is 0 Å². The first-order valence-electron chi connectivity index (χ1n) is 11.3. The zero-order valence-electron chi connectivity index (χ0n) is 18.3. The number of aryl methyl sites for hydroxylation is 1. The van der Waals surface area contributed by atoms with Crippen LogP contribution in [0.1, 0.15) is 54.8 Å². The standard InChI is InChI=1S/C24H28N6O2/c1-17-7-5-8-18-13-19(24(31)25-23(17)18)14-29(20-9-3-2-4-10-20)16-22-26-27-28-30(22)15-21-11-6-12-32-21/h5-8,11-13,20H,2-4,9-10,14-16H2,1H3,(H,25,31). The van der Waals surface area contributed by atoms with Gasteiger partial charge in [-0.1, -0.05) is 37.5 Å². The third-order valence-electron chi connectivity index (χ3n) is 6.47. The average molecular weight is 433 g/mol. The van der Waals surface area contributed by atoms with Crippen LogP contribution in [-0.2, 0) is 19.6 Å². The number of nitrogens with one attached hydrogen (secondary N) is 1. The minimum Gasteiger partial charge on any atom is -0.467 e. The molecule has 0 spiro atoms. The van der Waals surface area contributed by atoms with Gasteiger partial charge in [0.05, 0.1) is 18.3 Å². The number of H-pyrrole nitrogens is 1. The Labute approximate surface area is 186 Å². The van der Waals surface area contributed by atoms with E-state index in [1.165, 1.54) is 19.3 Å². The van der Waals surface area contributed by atoms with E-state index in [1.807, 2.05) is 37.3 Å². The largest absolute Gasteiger partial charge is 0.467 e. The van der Waals surface area contributed by atoms with Gasteiger partial charge in [0, 0.05) is 18.2 Å². The number of hydrogen-bond acceptors (Lipinski definition) is 6. The predicted molar refractivity (Wildman–Crippen MR) is 121 cm³/mol. The fraction of sp³-hybridized carbons (Fsp3) is 0.417. The van der Waals surface area contributed by atoms with Crippen LogP contribution in [0, 0.1) is 6.92 Å². The molecule has 8 nitrogen and oxygen atoms in total. The first kappa shape index (κ1) is 20.6. The third kappa shape index (κ3) is 4.36. The van der Waals surface area contributed by atoms with Crippen molar-refractivity contribution in [2.24, 2.45) is 0 Å². The summed E-state index contributed by atoms with van der Waals surface area (Å²) in [5.74, 6) is 1.59. The van der Waals surface area contributed by atoms with Crippen molar-refractivity contribution in [3.05, 3.63) is 75.7 Å². The number of fused-ring (bicyclic) bond motifs is 1. The third-order valence-corrected chi connectivity index (χ3v) is 6.47. The number of aromatic nitrogens is 5. The van der Waals surface area contributed by atoms with Gasteiger partial charge in [-0.3, -0.25) is 9.69 Å². The SMILES string of the molecule is Cc1cccc2cc(CN(Cc3nnnn3Cc3ccco3)C3CCCCC3)c(=O)[nH]c12. The van der Waals surface area contributed by atoms with Gasteiger partial charge in [-0.2, -0.15) is 0 Å². The van der Waals surface area contributed by atoms with Crippen LogP contribution >= 0.6 is 0 Å². The van der Waals surface area contributed by atoms with Gasteiger partial charge in [0.1, 0.15) is 12.3 Å². The summed E-state index contributed by atoms with van der Waals surface area (Å²) < 4.78 is 7.25. The molecular weight excluding hydrogens is 404 g/mol. The Morgan fingerprint density at radius 2 is 2.03 bits per heavy atom. The van der Waals surface area contributed by atoms with Crippen LogP contribution in [-0.4, -0.2) is 36.1 Å². The van der Waals surface area contributed by atoms with Crippen molar-refractivity contribution in [2.45, 2.75) is 64.7 Å². The van der Waals surface area contributed by atoms with Crippen LogP contribution in [0.3, 0.4) is 0 Å². The van der Waals surface area contributed by atoms with Crippen molar-refractivity contribution in [3.63, 3.8) is 0 Å². The van der Waals surface area contributed by atoms with Crippen molar-refractivity contribution in [1.29, 1.82) is 0 Å². The van der Waals surface area contributed by atoms with Crippen LogP contribution < -0.4 is 5.56 Å². The van der Waals surface area contributed by atoms with Crippen molar-refractivity contribution < 1.29 is 4.42 Å². The highest BCUT2D eigenvalue weighted by Crippen LogP contribution is 2.25. The van der Waals surface area contributed by atoms with Gasteiger partial charge in [0.25, 0.3) is 5.56 Å². The van der Waals surface area contributed by atoms with Crippen molar-refractivity contribution >= 4 is 10.9 Å². The number of pyridine rings is 1. The zero-order valence-corrected chi connectivity index (χ0v) is 18.3. The monoisotopic (exact) mass is 432 g/mol. The number of hydrogen-bond donors (Lipinski definition) is 1. The topological polar surface area (TPSA) is 92.8 Å². The molecule has 3 heterocycles. The highest BCUT2D eigenvalue weighted by Gasteiger charge is 2.24. The fourth-order valence-electron chi connectivity index (χ4n) is 4.72. The lowest BCUT2D eigenvalue weighted by Gasteiger charge is -2.33. The van der Waals surface area contributed by atoms with E-state index in [0.717, 1.165) is 46.5 Å². The zero-order chi connectivity index (χ0) is 21.9. The highest BCUT2D eigenvalue weighted by atomic mass is 16.3. The minimum atomic E-state index is -0.0252. The first-order chi connectivity index (χ1) is 15.7. The number of rotatable bonds is 7. The molecule has 1 aliphatic carbocycles. The second-order valence-corrected chi connectivity index (χ2v) is 8.69. The Kier molecular flexibility index (Phi) is 5.85. The molecule has 5 rings (SSSR count). The number of aromatic amines is 1. The van der Waals surface area contributed by atoms with E-state index < -0.39 is 0 Å². The molecule has 8 heteroatoms. The van der Waals surface area contributed by atoms with E-state index in [4.69, 9.17) is 4.42 Å². The van der Waals surface area contributed by atoms with Crippen molar-refractivity contribution in [3.8, 4) is 0 Å². The average Bonchev–Trinajstić information content (AvgIpc) is 3.48. The molecular formula is C24H28N6O2. The van der Waals surface area contributed by atoms with E-state index in [-0.39, 0.29) is 5.56 Å². The summed E-state index contributed by atoms with van der Waals surface area (Å²) in [5.41, 5.74) is 2.74. The van der Waals surface area contributed by atoms with E-state index in [9.17, 15) is 4.79 Å². The molecule has 166 valence electrons. The number of furan rings is 1. The van der Waals surface area contributed by atoms with Gasteiger partial charge in [0.2, 0.25) is 0 Å². The Hall–Kier alpha value is -3.26. The lowest BCUT2D eigenvalue weighted by molar-refractivity contribution is 0.133. The van der Waals surface area contributed by atoms with Crippen LogP contribution in [0.4, 0.5) is 0 Å². The molecule has 1 aliphatic rings. The van der Waals surface area contributed by atoms with Crippen LogP contribution in [0.2, 0.25) is 0 Å². The Morgan fingerprint density at radius 3 is 2.84 bits per heavy atom. The number of tetrazole rings is 1. The molecule has 1 saturated carbocycles. The van der Waals surface area contributed by atoms with Gasteiger partial charge < -0.3 is 9.40 Å². The van der Waals surface area contributed by atoms with Gasteiger partial charge in [0.15, 0.2) is 5.82 Å². The Morgan fingerprint density at radius 1 is 1.16 bits per heavy atom. The number of benzene rings is 1. The molecule has 0 saturated heterocycles. The fourth-order valence-corrected chi connectivity index (χ4v) is 4.72. The maximum atomic E-state index is 12.9. The van der Waals surface area contributed by atoms with E-state index in [1.54, 1.807) is 10.9 Å². The molecule has 0 aliphatic heterocycles. The molecule has 3 aromatic heterocycles. The predicted octanol–water partition coefficient (Wildman–Crippen LogP) is 3.80. The van der Waals surface area contributed by atoms with Gasteiger partial charge in [-0.15, -0.1) is 5.10 Å². The van der Waals surface area contributed by atoms with E-state index in [2.05, 4.69) is 31.5 Å². The normalized spacial score (nSPS) is 15.1. The van der Waals surface area contributed by atoms with Gasteiger partial charge in [-0.25, -0.2) is 4.68 Å². The summed E-state index contributed by atoms with van der Waals surface area (Å²) in [7, 11) is 0. The molecule has 1 N–H and O–H groups in total. The van der Waals surface area contributed by atoms with Crippen LogP contribution in [0.15, 0.2) is 51.9 Å². The molecule has 32 heavy (non-hydrogen) atoms. The van der Waals surface area contributed by atoms with Crippen molar-refractivity contribution in [1.82, 2.24) is 30.1 Å². The van der Waals surface area contributed by atoms with E-state index >= 15 is 0 Å². The maximum Gasteiger partial charge on any atom is 0.252 e. The molecule has 0 atom stereocenters. The number of nitrogens with zero attached hydrogens (tertiary/aromatic N) is 5. The summed E-state index contributed by atoms with van der Waals surface area (Å²) in [5, 5.41) is 13.4. The summed E-state index contributed by atoms with van der Waals surface area (Å²) in [6.07, 6.45) is 7.62. The van der Waals surface area contributed by atoms with Crippen LogP contribution in [0.25, 0.3) is 10.9 Å². The Balaban J connectivity index is 1.44. The van der Waals surface area contributed by atoms with E-state index in [0.29, 0.717) is 25.7 Å². The van der Waals surface area contributed by atoms with Crippen molar-refractivity contribution in [2.75, 3.05) is 0 Å². The molecule has 1 fully saturated rings. The lowest BCUT2D eigenvalue weighted by atomic mass is 9.93. The second-order valence-electron chi connectivity index (χ2n) is 8.69. The minimum absolute atomic E-state index is 0.0252. The number of para-hydroxylation sites is 1. The summed E-state index contributed by atoms with van der Waals surface area (Å²) in [4.78, 5) is 18.4. The molecule has 0 radical (unpaired) electrons. The summed E-state index contributed by atoms with van der Waals surface area (Å²) in [6, 6.07) is 12.3. The molecule has 0 unspecified atom stereocenters. The molecule has 1 aromatic carbocycles. The smallest absolute Gasteiger partial charge is 0.252 e. The Bertz CT molecular complexity index is 1240. The summed E-state index contributed by atoms with van der Waals surface area (Å²) >= 11 is 0. The second kappa shape index (κ2) is 9.08. The molecule has 4 aromatic rings. The maximum absolute atomic E-state index is 12.9. The lowest BCUT2D eigenvalue weighted by Crippen LogP contribution is -2.38. The first-order valence-corrected chi connectivity index (χ1v) is 11.3. The van der Waals surface area contributed by atoms with Gasteiger partial charge in [-0.05, 0) is 59.3 Å². The van der Waals surface area contributed by atoms with Crippen LogP contribution in [0.5, 0.6) is 0 Å². The summed E-state index contributed by atoms with van der Waals surface area (Å²) in [6.45, 7) is 3.66. The quantitative estimate of drug-likeness (QED) is 0.477. The highest BCUT2D eigenvalue weighted by molar-refractivity contribution is 5.81. The molecule has 0 bridgehead atoms.